The van der Waals surface area contributed by atoms with Gasteiger partial charge < -0.3 is 20.1 Å². The van der Waals surface area contributed by atoms with E-state index in [9.17, 15) is 9.90 Å². The minimum atomic E-state index is -1.15. The molecule has 6 nitrogen and oxygen atoms in total. The summed E-state index contributed by atoms with van der Waals surface area (Å²) in [5, 5.41) is 20.2. The number of hydrogen-bond donors (Lipinski definition) is 1. The van der Waals surface area contributed by atoms with Crippen molar-refractivity contribution in [2.75, 3.05) is 19.6 Å². The van der Waals surface area contributed by atoms with Gasteiger partial charge in [-0.15, -0.1) is 0 Å². The molecule has 2 bridgehead atoms. The SMILES string of the molecule is Cn1nc(CN[C@@H]2CN3CCC2CC3)c2c(C(=O)[O-])cccc21.[Li+]. The summed E-state index contributed by atoms with van der Waals surface area (Å²) in [5.74, 6) is -0.414. The minimum Gasteiger partial charge on any atom is -0.545 e. The van der Waals surface area contributed by atoms with Crippen molar-refractivity contribution in [1.29, 1.82) is 0 Å². The molecule has 5 rings (SSSR count). The van der Waals surface area contributed by atoms with Crippen molar-refractivity contribution in [1.82, 2.24) is 20.0 Å². The van der Waals surface area contributed by atoms with E-state index in [0.717, 1.165) is 23.7 Å². The molecule has 0 aliphatic carbocycles. The molecule has 0 spiro atoms. The predicted octanol–water partition coefficient (Wildman–Crippen LogP) is -2.88. The summed E-state index contributed by atoms with van der Waals surface area (Å²) in [6, 6.07) is 5.70. The fourth-order valence-electron chi connectivity index (χ4n) is 4.12. The van der Waals surface area contributed by atoms with Crippen LogP contribution >= 0.6 is 0 Å². The molecule has 1 aromatic carbocycles. The van der Waals surface area contributed by atoms with Crippen LogP contribution in [0.15, 0.2) is 18.2 Å². The Labute approximate surface area is 153 Å². The Morgan fingerprint density at radius 3 is 2.75 bits per heavy atom. The molecular formula is C17H21LiN4O2. The zero-order valence-electron chi connectivity index (χ0n) is 14.3. The fraction of sp³-hybridized carbons (Fsp3) is 0.529. The number of carbonyl (C=O) groups excluding carboxylic acids is 1. The second kappa shape index (κ2) is 6.89. The Bertz CT molecular complexity index is 752. The Kier molecular flexibility index (Phi) is 5.02. The Balaban J connectivity index is 0.00000169. The first-order valence-electron chi connectivity index (χ1n) is 8.25. The molecule has 0 unspecified atom stereocenters. The molecule has 3 saturated heterocycles. The van der Waals surface area contributed by atoms with Gasteiger partial charge >= 0.3 is 18.9 Å². The number of hydrogen-bond acceptors (Lipinski definition) is 5. The van der Waals surface area contributed by atoms with Gasteiger partial charge in [-0.05, 0) is 37.9 Å². The van der Waals surface area contributed by atoms with E-state index >= 15 is 0 Å². The molecule has 7 heteroatoms. The summed E-state index contributed by atoms with van der Waals surface area (Å²) in [4.78, 5) is 13.9. The number of carboxylic acids is 1. The van der Waals surface area contributed by atoms with Crippen LogP contribution in [0.2, 0.25) is 0 Å². The number of carbonyl (C=O) groups is 1. The summed E-state index contributed by atoms with van der Waals surface area (Å²) in [6.07, 6.45) is 2.51. The summed E-state index contributed by atoms with van der Waals surface area (Å²) in [6.45, 7) is 4.10. The minimum absolute atomic E-state index is 0. The number of nitrogens with zero attached hydrogens (tertiary/aromatic N) is 3. The monoisotopic (exact) mass is 320 g/mol. The number of fused-ring (bicyclic) bond motifs is 4. The first kappa shape index (κ1) is 17.5. The molecule has 1 N–H and O–H groups in total. The third-order valence-corrected chi connectivity index (χ3v) is 5.36. The standard InChI is InChI=1S/C17H22N4O2.Li/c1-20-15-4-2-3-12(17(22)23)16(15)13(19-20)9-18-14-10-21-7-5-11(14)6-8-21;/h2-4,11,14,18H,5-10H2,1H3,(H,22,23);/q;+1/p-1/t14-;/m1./s1. The van der Waals surface area contributed by atoms with Gasteiger partial charge in [0, 0.05) is 37.1 Å². The second-order valence-corrected chi connectivity index (χ2v) is 6.68. The number of benzene rings is 1. The van der Waals surface area contributed by atoms with Crippen molar-refractivity contribution in [3.63, 3.8) is 0 Å². The maximum absolute atomic E-state index is 11.4. The number of piperidine rings is 3. The molecule has 1 aromatic heterocycles. The van der Waals surface area contributed by atoms with Gasteiger partial charge in [0.15, 0.2) is 0 Å². The van der Waals surface area contributed by atoms with Crippen molar-refractivity contribution in [3.05, 3.63) is 29.5 Å². The van der Waals surface area contributed by atoms with E-state index < -0.39 is 5.97 Å². The van der Waals surface area contributed by atoms with Crippen molar-refractivity contribution in [3.8, 4) is 0 Å². The number of aromatic nitrogens is 2. The van der Waals surface area contributed by atoms with E-state index in [1.807, 2.05) is 13.1 Å². The van der Waals surface area contributed by atoms with Crippen LogP contribution in [0.5, 0.6) is 0 Å². The molecule has 122 valence electrons. The van der Waals surface area contributed by atoms with Crippen molar-refractivity contribution in [2.24, 2.45) is 13.0 Å². The summed E-state index contributed by atoms with van der Waals surface area (Å²) in [5.41, 5.74) is 1.84. The van der Waals surface area contributed by atoms with Gasteiger partial charge in [0.1, 0.15) is 0 Å². The average molecular weight is 320 g/mol. The van der Waals surface area contributed by atoms with Crippen LogP contribution in [-0.4, -0.2) is 46.3 Å². The van der Waals surface area contributed by atoms with Gasteiger partial charge in [0.2, 0.25) is 0 Å². The van der Waals surface area contributed by atoms with Gasteiger partial charge in [0.25, 0.3) is 0 Å². The van der Waals surface area contributed by atoms with Crippen molar-refractivity contribution in [2.45, 2.75) is 25.4 Å². The zero-order valence-corrected chi connectivity index (χ0v) is 14.3. The normalized spacial score (nSPS) is 25.6. The number of aromatic carboxylic acids is 1. The maximum atomic E-state index is 11.4. The van der Waals surface area contributed by atoms with Gasteiger partial charge in [-0.1, -0.05) is 12.1 Å². The second-order valence-electron chi connectivity index (χ2n) is 6.68. The number of aryl methyl sites for hydroxylation is 1. The predicted molar refractivity (Wildman–Crippen MR) is 84.8 cm³/mol. The molecule has 4 heterocycles. The summed E-state index contributed by atoms with van der Waals surface area (Å²) >= 11 is 0. The molecule has 0 radical (unpaired) electrons. The third-order valence-electron chi connectivity index (χ3n) is 5.36. The first-order valence-corrected chi connectivity index (χ1v) is 8.25. The van der Waals surface area contributed by atoms with Gasteiger partial charge in [-0.25, -0.2) is 0 Å². The average Bonchev–Trinajstić information content (AvgIpc) is 2.90. The van der Waals surface area contributed by atoms with Gasteiger partial charge in [-0.2, -0.15) is 5.10 Å². The topological polar surface area (TPSA) is 73.2 Å². The molecule has 0 amide bonds. The molecule has 2 aromatic rings. The Hall–Kier alpha value is -1.32. The number of carboxylic acid groups (broad SMARTS) is 1. The van der Waals surface area contributed by atoms with E-state index in [1.54, 1.807) is 16.8 Å². The van der Waals surface area contributed by atoms with Crippen molar-refractivity contribution < 1.29 is 28.8 Å². The van der Waals surface area contributed by atoms with E-state index in [4.69, 9.17) is 0 Å². The molecule has 3 fully saturated rings. The zero-order chi connectivity index (χ0) is 16.0. The quantitative estimate of drug-likeness (QED) is 0.613. The van der Waals surface area contributed by atoms with E-state index in [1.165, 1.54) is 25.9 Å². The van der Waals surface area contributed by atoms with Gasteiger partial charge in [0.05, 0.1) is 17.2 Å². The Morgan fingerprint density at radius 1 is 1.38 bits per heavy atom. The Morgan fingerprint density at radius 2 is 2.12 bits per heavy atom. The van der Waals surface area contributed by atoms with Crippen LogP contribution in [-0.2, 0) is 13.6 Å². The van der Waals surface area contributed by atoms with Crippen LogP contribution in [0.25, 0.3) is 10.9 Å². The molecule has 24 heavy (non-hydrogen) atoms. The van der Waals surface area contributed by atoms with Crippen LogP contribution in [0.3, 0.4) is 0 Å². The molecule has 3 aliphatic heterocycles. The summed E-state index contributed by atoms with van der Waals surface area (Å²) < 4.78 is 1.75. The smallest absolute Gasteiger partial charge is 0.545 e. The molecule has 0 saturated carbocycles. The fourth-order valence-corrected chi connectivity index (χ4v) is 4.12. The molecule has 3 aliphatic rings. The maximum Gasteiger partial charge on any atom is 1.00 e. The van der Waals surface area contributed by atoms with E-state index in [0.29, 0.717) is 18.0 Å². The van der Waals surface area contributed by atoms with Crippen LogP contribution in [0.4, 0.5) is 0 Å². The van der Waals surface area contributed by atoms with Gasteiger partial charge in [-0.3, -0.25) is 4.68 Å². The molecular weight excluding hydrogens is 299 g/mol. The summed E-state index contributed by atoms with van der Waals surface area (Å²) in [7, 11) is 1.85. The van der Waals surface area contributed by atoms with Crippen LogP contribution in [0, 0.1) is 5.92 Å². The van der Waals surface area contributed by atoms with E-state index in [2.05, 4.69) is 15.3 Å². The van der Waals surface area contributed by atoms with Crippen LogP contribution in [0.1, 0.15) is 28.9 Å². The number of rotatable bonds is 4. The van der Waals surface area contributed by atoms with E-state index in [-0.39, 0.29) is 24.4 Å². The van der Waals surface area contributed by atoms with Crippen molar-refractivity contribution >= 4 is 16.9 Å². The van der Waals surface area contributed by atoms with Crippen LogP contribution < -0.4 is 29.3 Å². The number of nitrogens with one attached hydrogen (secondary N) is 1. The first-order chi connectivity index (χ1) is 11.1. The largest absolute Gasteiger partial charge is 1.00 e. The molecule has 1 atom stereocenters. The third kappa shape index (κ3) is 3.00.